The Labute approximate surface area is 104 Å². The molecule has 0 unspecified atom stereocenters. The molecule has 1 aromatic carbocycles. The number of ether oxygens (including phenoxy) is 1. The predicted molar refractivity (Wildman–Crippen MR) is 69.1 cm³/mol. The van der Waals surface area contributed by atoms with Crippen molar-refractivity contribution < 1.29 is 4.74 Å². The van der Waals surface area contributed by atoms with E-state index in [0.29, 0.717) is 5.92 Å². The Kier molecular flexibility index (Phi) is 4.63. The first kappa shape index (κ1) is 13.3. The third-order valence-corrected chi connectivity index (χ3v) is 2.77. The SMILES string of the molecule is CC(C)Oc1ccc([C@@H](N)C2CC2)cc1.Cl. The van der Waals surface area contributed by atoms with Gasteiger partial charge in [-0.25, -0.2) is 0 Å². The van der Waals surface area contributed by atoms with Gasteiger partial charge in [-0.1, -0.05) is 12.1 Å². The number of nitrogens with two attached hydrogens (primary N) is 1. The van der Waals surface area contributed by atoms with Gasteiger partial charge in [0, 0.05) is 6.04 Å². The minimum atomic E-state index is 0. The highest BCUT2D eigenvalue weighted by atomic mass is 35.5. The molecule has 1 aliphatic carbocycles. The van der Waals surface area contributed by atoms with E-state index in [2.05, 4.69) is 12.1 Å². The Bertz CT molecular complexity index is 319. The van der Waals surface area contributed by atoms with Crippen molar-refractivity contribution in [2.24, 2.45) is 11.7 Å². The van der Waals surface area contributed by atoms with Crippen molar-refractivity contribution in [3.63, 3.8) is 0 Å². The van der Waals surface area contributed by atoms with E-state index in [-0.39, 0.29) is 24.6 Å². The minimum Gasteiger partial charge on any atom is -0.491 e. The highest BCUT2D eigenvalue weighted by Crippen LogP contribution is 2.39. The maximum Gasteiger partial charge on any atom is 0.119 e. The van der Waals surface area contributed by atoms with Crippen LogP contribution in [0.25, 0.3) is 0 Å². The molecule has 0 aliphatic heterocycles. The summed E-state index contributed by atoms with van der Waals surface area (Å²) in [5, 5.41) is 0. The molecule has 0 spiro atoms. The highest BCUT2D eigenvalue weighted by Gasteiger charge is 2.29. The van der Waals surface area contributed by atoms with Crippen molar-refractivity contribution in [2.75, 3.05) is 0 Å². The molecule has 1 atom stereocenters. The van der Waals surface area contributed by atoms with Crippen LogP contribution >= 0.6 is 12.4 Å². The quantitative estimate of drug-likeness (QED) is 0.878. The zero-order valence-electron chi connectivity index (χ0n) is 9.85. The van der Waals surface area contributed by atoms with Crippen LogP contribution in [0.4, 0.5) is 0 Å². The topological polar surface area (TPSA) is 35.2 Å². The predicted octanol–water partition coefficient (Wildman–Crippen LogP) is 3.31. The average Bonchev–Trinajstić information content (AvgIpc) is 3.00. The first-order chi connectivity index (χ1) is 7.16. The van der Waals surface area contributed by atoms with Gasteiger partial charge in [-0.15, -0.1) is 12.4 Å². The zero-order chi connectivity index (χ0) is 10.8. The zero-order valence-corrected chi connectivity index (χ0v) is 10.7. The smallest absolute Gasteiger partial charge is 0.119 e. The second-order valence-corrected chi connectivity index (χ2v) is 4.60. The molecule has 1 fully saturated rings. The third-order valence-electron chi connectivity index (χ3n) is 2.77. The minimum absolute atomic E-state index is 0. The third kappa shape index (κ3) is 3.39. The molecule has 2 rings (SSSR count). The van der Waals surface area contributed by atoms with Crippen LogP contribution < -0.4 is 10.5 Å². The molecular formula is C13H20ClNO. The van der Waals surface area contributed by atoms with Crippen LogP contribution in [-0.2, 0) is 0 Å². The van der Waals surface area contributed by atoms with Crippen LogP contribution in [0.15, 0.2) is 24.3 Å². The fourth-order valence-corrected chi connectivity index (χ4v) is 1.77. The van der Waals surface area contributed by atoms with Gasteiger partial charge < -0.3 is 10.5 Å². The Morgan fingerprint density at radius 1 is 1.19 bits per heavy atom. The van der Waals surface area contributed by atoms with E-state index in [4.69, 9.17) is 10.5 Å². The summed E-state index contributed by atoms with van der Waals surface area (Å²) < 4.78 is 5.58. The van der Waals surface area contributed by atoms with Gasteiger partial charge >= 0.3 is 0 Å². The summed E-state index contributed by atoms with van der Waals surface area (Å²) in [6, 6.07) is 8.41. The lowest BCUT2D eigenvalue weighted by Crippen LogP contribution is -2.12. The molecule has 0 radical (unpaired) electrons. The fraction of sp³-hybridized carbons (Fsp3) is 0.538. The lowest BCUT2D eigenvalue weighted by atomic mass is 10.0. The molecule has 16 heavy (non-hydrogen) atoms. The molecule has 90 valence electrons. The molecular weight excluding hydrogens is 222 g/mol. The van der Waals surface area contributed by atoms with Crippen LogP contribution in [0.5, 0.6) is 5.75 Å². The van der Waals surface area contributed by atoms with E-state index < -0.39 is 0 Å². The number of halogens is 1. The van der Waals surface area contributed by atoms with Gasteiger partial charge in [-0.05, 0) is 50.3 Å². The van der Waals surface area contributed by atoms with Crippen LogP contribution in [0, 0.1) is 5.92 Å². The van der Waals surface area contributed by atoms with Crippen molar-refractivity contribution >= 4 is 12.4 Å². The molecule has 0 aromatic heterocycles. The molecule has 0 amide bonds. The summed E-state index contributed by atoms with van der Waals surface area (Å²) in [6.07, 6.45) is 2.80. The molecule has 1 saturated carbocycles. The average molecular weight is 242 g/mol. The standard InChI is InChI=1S/C13H19NO.ClH/c1-9(2)15-12-7-5-11(6-8-12)13(14)10-3-4-10;/h5-10,13H,3-4,14H2,1-2H3;1H/t13-;/m0./s1. The van der Waals surface area contributed by atoms with Crippen LogP contribution in [-0.4, -0.2) is 6.10 Å². The summed E-state index contributed by atoms with van der Waals surface area (Å²) >= 11 is 0. The summed E-state index contributed by atoms with van der Waals surface area (Å²) in [7, 11) is 0. The first-order valence-corrected chi connectivity index (χ1v) is 5.69. The van der Waals surface area contributed by atoms with E-state index in [0.717, 1.165) is 5.75 Å². The molecule has 2 N–H and O–H groups in total. The molecule has 0 saturated heterocycles. The van der Waals surface area contributed by atoms with E-state index in [9.17, 15) is 0 Å². The van der Waals surface area contributed by atoms with Gasteiger partial charge in [0.2, 0.25) is 0 Å². The second kappa shape index (κ2) is 5.55. The first-order valence-electron chi connectivity index (χ1n) is 5.69. The Morgan fingerprint density at radius 2 is 1.75 bits per heavy atom. The Hall–Kier alpha value is -0.730. The van der Waals surface area contributed by atoms with E-state index in [1.807, 2.05) is 26.0 Å². The van der Waals surface area contributed by atoms with E-state index in [1.54, 1.807) is 0 Å². The lowest BCUT2D eigenvalue weighted by Gasteiger charge is -2.13. The van der Waals surface area contributed by atoms with Crippen molar-refractivity contribution in [1.82, 2.24) is 0 Å². The molecule has 2 nitrogen and oxygen atoms in total. The maximum absolute atomic E-state index is 6.11. The van der Waals surface area contributed by atoms with Crippen molar-refractivity contribution in [3.8, 4) is 5.75 Å². The molecule has 3 heteroatoms. The number of benzene rings is 1. The number of hydrogen-bond acceptors (Lipinski definition) is 2. The molecule has 1 aliphatic rings. The molecule has 0 bridgehead atoms. The molecule has 1 aromatic rings. The van der Waals surface area contributed by atoms with Gasteiger partial charge in [0.1, 0.15) is 5.75 Å². The van der Waals surface area contributed by atoms with Gasteiger partial charge in [0.25, 0.3) is 0 Å². The van der Waals surface area contributed by atoms with Gasteiger partial charge in [-0.3, -0.25) is 0 Å². The van der Waals surface area contributed by atoms with Gasteiger partial charge in [-0.2, -0.15) is 0 Å². The van der Waals surface area contributed by atoms with Crippen LogP contribution in [0.3, 0.4) is 0 Å². The summed E-state index contributed by atoms with van der Waals surface area (Å²) in [5.41, 5.74) is 7.34. The summed E-state index contributed by atoms with van der Waals surface area (Å²) in [5.74, 6) is 1.64. The van der Waals surface area contributed by atoms with E-state index in [1.165, 1.54) is 18.4 Å². The van der Waals surface area contributed by atoms with Gasteiger partial charge in [0.05, 0.1) is 6.10 Å². The van der Waals surface area contributed by atoms with Crippen LogP contribution in [0.1, 0.15) is 38.3 Å². The largest absolute Gasteiger partial charge is 0.491 e. The number of hydrogen-bond donors (Lipinski definition) is 1. The normalized spacial score (nSPS) is 16.8. The number of rotatable bonds is 4. The Morgan fingerprint density at radius 3 is 2.19 bits per heavy atom. The Balaban J connectivity index is 0.00000128. The molecule has 0 heterocycles. The lowest BCUT2D eigenvalue weighted by molar-refractivity contribution is 0.242. The van der Waals surface area contributed by atoms with Crippen molar-refractivity contribution in [3.05, 3.63) is 29.8 Å². The summed E-state index contributed by atoms with van der Waals surface area (Å²) in [6.45, 7) is 4.06. The van der Waals surface area contributed by atoms with Crippen LogP contribution in [0.2, 0.25) is 0 Å². The second-order valence-electron chi connectivity index (χ2n) is 4.60. The van der Waals surface area contributed by atoms with Gasteiger partial charge in [0.15, 0.2) is 0 Å². The monoisotopic (exact) mass is 241 g/mol. The van der Waals surface area contributed by atoms with E-state index >= 15 is 0 Å². The maximum atomic E-state index is 6.11. The highest BCUT2D eigenvalue weighted by molar-refractivity contribution is 5.85. The summed E-state index contributed by atoms with van der Waals surface area (Å²) in [4.78, 5) is 0. The fourth-order valence-electron chi connectivity index (χ4n) is 1.77. The van der Waals surface area contributed by atoms with Crippen molar-refractivity contribution in [2.45, 2.75) is 38.8 Å². The van der Waals surface area contributed by atoms with Crippen molar-refractivity contribution in [1.29, 1.82) is 0 Å².